The molecule has 3 aliphatic rings. The van der Waals surface area contributed by atoms with Crippen molar-refractivity contribution in [1.29, 1.82) is 0 Å². The Morgan fingerprint density at radius 3 is 2.29 bits per heavy atom. The van der Waals surface area contributed by atoms with Crippen molar-refractivity contribution in [2.24, 2.45) is 17.8 Å². The summed E-state index contributed by atoms with van der Waals surface area (Å²) in [6, 6.07) is 6.43. The van der Waals surface area contributed by atoms with Crippen LogP contribution in [0.15, 0.2) is 18.2 Å². The predicted molar refractivity (Wildman–Crippen MR) is 111 cm³/mol. The van der Waals surface area contributed by atoms with Gasteiger partial charge in [-0.25, -0.2) is 0 Å². The lowest BCUT2D eigenvalue weighted by atomic mass is 10.00. The number of rotatable bonds is 3. The fraction of sp³-hybridized carbons (Fsp3) is 0.652. The molecule has 1 saturated carbocycles. The van der Waals surface area contributed by atoms with Crippen molar-refractivity contribution in [2.45, 2.75) is 40.0 Å². The highest BCUT2D eigenvalue weighted by molar-refractivity contribution is 5.92. The average molecular weight is 384 g/mol. The van der Waals surface area contributed by atoms with E-state index in [2.05, 4.69) is 43.9 Å². The molecule has 4 rings (SSSR count). The molecule has 0 aromatic heterocycles. The van der Waals surface area contributed by atoms with E-state index in [1.165, 1.54) is 23.2 Å². The summed E-state index contributed by atoms with van der Waals surface area (Å²) in [4.78, 5) is 32.1. The number of benzene rings is 1. The number of nitrogens with zero attached hydrogens (tertiary/aromatic N) is 3. The molecule has 2 saturated heterocycles. The van der Waals surface area contributed by atoms with Gasteiger partial charge in [-0.2, -0.15) is 0 Å². The maximum Gasteiger partial charge on any atom is 0.226 e. The van der Waals surface area contributed by atoms with E-state index in [4.69, 9.17) is 0 Å². The fourth-order valence-electron chi connectivity index (χ4n) is 4.85. The standard InChI is InChI=1S/C23H33N3O2/c1-16-6-5-9-26(15-16)23(28)20-14-19(20)22(27)25-12-10-24(11-13-25)21-8-4-7-17(2)18(21)3/h4,7-8,16,19-20H,5-6,9-15H2,1-3H3. The molecule has 0 radical (unpaired) electrons. The van der Waals surface area contributed by atoms with Crippen LogP contribution in [-0.4, -0.2) is 60.9 Å². The average Bonchev–Trinajstić information content (AvgIpc) is 3.50. The molecule has 152 valence electrons. The first kappa shape index (κ1) is 19.3. The van der Waals surface area contributed by atoms with Crippen LogP contribution in [0, 0.1) is 31.6 Å². The summed E-state index contributed by atoms with van der Waals surface area (Å²) in [7, 11) is 0. The monoisotopic (exact) mass is 383 g/mol. The number of carbonyl (C=O) groups excluding carboxylic acids is 2. The Morgan fingerprint density at radius 2 is 1.61 bits per heavy atom. The lowest BCUT2D eigenvalue weighted by Crippen LogP contribution is -2.50. The van der Waals surface area contributed by atoms with E-state index < -0.39 is 0 Å². The molecule has 5 heteroatoms. The van der Waals surface area contributed by atoms with Gasteiger partial charge in [-0.1, -0.05) is 19.1 Å². The van der Waals surface area contributed by atoms with Crippen LogP contribution in [0.1, 0.15) is 37.3 Å². The van der Waals surface area contributed by atoms with Crippen molar-refractivity contribution in [3.05, 3.63) is 29.3 Å². The van der Waals surface area contributed by atoms with Crippen LogP contribution in [0.25, 0.3) is 0 Å². The van der Waals surface area contributed by atoms with Gasteiger partial charge in [-0.05, 0) is 56.2 Å². The lowest BCUT2D eigenvalue weighted by molar-refractivity contribution is -0.139. The Hall–Kier alpha value is -2.04. The summed E-state index contributed by atoms with van der Waals surface area (Å²) in [5.74, 6) is 0.874. The molecule has 28 heavy (non-hydrogen) atoms. The first-order valence-electron chi connectivity index (χ1n) is 10.8. The first-order valence-corrected chi connectivity index (χ1v) is 10.8. The molecular formula is C23H33N3O2. The van der Waals surface area contributed by atoms with Crippen LogP contribution in [0.3, 0.4) is 0 Å². The molecule has 0 spiro atoms. The van der Waals surface area contributed by atoms with Crippen molar-refractivity contribution in [1.82, 2.24) is 9.80 Å². The Labute approximate surface area is 168 Å². The van der Waals surface area contributed by atoms with Crippen LogP contribution >= 0.6 is 0 Å². The summed E-state index contributed by atoms with van der Waals surface area (Å²) >= 11 is 0. The number of amides is 2. The third-order valence-corrected chi connectivity index (χ3v) is 6.90. The van der Waals surface area contributed by atoms with E-state index in [9.17, 15) is 9.59 Å². The molecule has 3 fully saturated rings. The highest BCUT2D eigenvalue weighted by Crippen LogP contribution is 2.42. The predicted octanol–water partition coefficient (Wildman–Crippen LogP) is 2.85. The molecular weight excluding hydrogens is 350 g/mol. The van der Waals surface area contributed by atoms with Gasteiger partial charge in [0.15, 0.2) is 0 Å². The summed E-state index contributed by atoms with van der Waals surface area (Å²) in [5.41, 5.74) is 3.92. The Bertz CT molecular complexity index is 754. The second-order valence-corrected chi connectivity index (χ2v) is 9.01. The molecule has 1 aromatic carbocycles. The van der Waals surface area contributed by atoms with Crippen LogP contribution in [0.2, 0.25) is 0 Å². The fourth-order valence-corrected chi connectivity index (χ4v) is 4.85. The van der Waals surface area contributed by atoms with Gasteiger partial charge in [0.05, 0.1) is 11.8 Å². The lowest BCUT2D eigenvalue weighted by Gasteiger charge is -2.37. The van der Waals surface area contributed by atoms with Gasteiger partial charge >= 0.3 is 0 Å². The van der Waals surface area contributed by atoms with Crippen molar-refractivity contribution in [3.63, 3.8) is 0 Å². The maximum atomic E-state index is 12.9. The molecule has 2 aliphatic heterocycles. The summed E-state index contributed by atoms with van der Waals surface area (Å²) < 4.78 is 0. The minimum Gasteiger partial charge on any atom is -0.368 e. The van der Waals surface area contributed by atoms with Crippen LogP contribution in [0.5, 0.6) is 0 Å². The van der Waals surface area contributed by atoms with Gasteiger partial charge in [0.2, 0.25) is 11.8 Å². The zero-order chi connectivity index (χ0) is 19.8. The number of carbonyl (C=O) groups is 2. The van der Waals surface area contributed by atoms with E-state index in [-0.39, 0.29) is 23.7 Å². The Balaban J connectivity index is 1.30. The normalized spacial score (nSPS) is 27.7. The van der Waals surface area contributed by atoms with Crippen molar-refractivity contribution < 1.29 is 9.59 Å². The molecule has 0 bridgehead atoms. The molecule has 1 aromatic rings. The summed E-state index contributed by atoms with van der Waals surface area (Å²) in [6.45, 7) is 11.5. The topological polar surface area (TPSA) is 43.9 Å². The zero-order valence-electron chi connectivity index (χ0n) is 17.5. The number of hydrogen-bond acceptors (Lipinski definition) is 3. The third-order valence-electron chi connectivity index (χ3n) is 6.90. The minimum absolute atomic E-state index is 0.0603. The van der Waals surface area contributed by atoms with Crippen molar-refractivity contribution >= 4 is 17.5 Å². The van der Waals surface area contributed by atoms with E-state index in [0.29, 0.717) is 5.92 Å². The maximum absolute atomic E-state index is 12.9. The number of aryl methyl sites for hydroxylation is 1. The van der Waals surface area contributed by atoms with E-state index >= 15 is 0 Å². The first-order chi connectivity index (χ1) is 13.5. The SMILES string of the molecule is Cc1cccc(N2CCN(C(=O)C3CC3C(=O)N3CCCC(C)C3)CC2)c1C. The minimum atomic E-state index is -0.0722. The van der Waals surface area contributed by atoms with Crippen LogP contribution < -0.4 is 4.90 Å². The van der Waals surface area contributed by atoms with Gasteiger partial charge < -0.3 is 14.7 Å². The Kier molecular flexibility index (Phi) is 5.35. The van der Waals surface area contributed by atoms with Crippen LogP contribution in [-0.2, 0) is 9.59 Å². The van der Waals surface area contributed by atoms with Gasteiger partial charge in [0.1, 0.15) is 0 Å². The zero-order valence-corrected chi connectivity index (χ0v) is 17.5. The molecule has 2 amide bonds. The summed E-state index contributed by atoms with van der Waals surface area (Å²) in [6.07, 6.45) is 3.06. The van der Waals surface area contributed by atoms with Gasteiger partial charge in [-0.15, -0.1) is 0 Å². The highest BCUT2D eigenvalue weighted by atomic mass is 16.2. The van der Waals surface area contributed by atoms with E-state index in [1.54, 1.807) is 0 Å². The second-order valence-electron chi connectivity index (χ2n) is 9.01. The molecule has 2 heterocycles. The number of hydrogen-bond donors (Lipinski definition) is 0. The quantitative estimate of drug-likeness (QED) is 0.806. The van der Waals surface area contributed by atoms with Gasteiger partial charge in [0.25, 0.3) is 0 Å². The number of likely N-dealkylation sites (tertiary alicyclic amines) is 1. The Morgan fingerprint density at radius 1 is 0.929 bits per heavy atom. The molecule has 3 atom stereocenters. The number of piperidine rings is 1. The van der Waals surface area contributed by atoms with Crippen molar-refractivity contribution in [3.8, 4) is 0 Å². The molecule has 5 nitrogen and oxygen atoms in total. The van der Waals surface area contributed by atoms with Gasteiger partial charge in [0, 0.05) is 45.0 Å². The molecule has 1 aliphatic carbocycles. The summed E-state index contributed by atoms with van der Waals surface area (Å²) in [5, 5.41) is 0. The molecule has 3 unspecified atom stereocenters. The molecule has 0 N–H and O–H groups in total. The van der Waals surface area contributed by atoms with E-state index in [0.717, 1.165) is 52.1 Å². The number of piperazine rings is 1. The largest absolute Gasteiger partial charge is 0.368 e. The highest BCUT2D eigenvalue weighted by Gasteiger charge is 2.51. The number of anilines is 1. The smallest absolute Gasteiger partial charge is 0.226 e. The van der Waals surface area contributed by atoms with Gasteiger partial charge in [-0.3, -0.25) is 9.59 Å². The van der Waals surface area contributed by atoms with Crippen LogP contribution in [0.4, 0.5) is 5.69 Å². The third kappa shape index (κ3) is 3.76. The van der Waals surface area contributed by atoms with E-state index in [1.807, 2.05) is 9.80 Å². The second kappa shape index (κ2) is 7.76. The van der Waals surface area contributed by atoms with Crippen molar-refractivity contribution in [2.75, 3.05) is 44.2 Å².